The van der Waals surface area contributed by atoms with Gasteiger partial charge in [-0.25, -0.2) is 4.98 Å². The molecule has 1 N–H and O–H groups in total. The van der Waals surface area contributed by atoms with Gasteiger partial charge in [0.25, 0.3) is 0 Å². The molecule has 0 bridgehead atoms. The van der Waals surface area contributed by atoms with Gasteiger partial charge in [-0.15, -0.1) is 0 Å². The Morgan fingerprint density at radius 2 is 2.19 bits per heavy atom. The molecule has 5 heteroatoms. The number of morpholine rings is 1. The quantitative estimate of drug-likeness (QED) is 0.913. The van der Waals surface area contributed by atoms with Crippen molar-refractivity contribution in [2.24, 2.45) is 7.05 Å². The molecule has 1 aromatic heterocycles. The number of aromatic nitrogens is 2. The van der Waals surface area contributed by atoms with Crippen molar-refractivity contribution in [3.63, 3.8) is 0 Å². The van der Waals surface area contributed by atoms with Gasteiger partial charge in [0.05, 0.1) is 23.7 Å². The van der Waals surface area contributed by atoms with Crippen molar-refractivity contribution in [2.75, 3.05) is 33.8 Å². The molecule has 1 aliphatic rings. The van der Waals surface area contributed by atoms with Crippen LogP contribution < -0.4 is 5.32 Å². The van der Waals surface area contributed by atoms with Crippen LogP contribution in [0.15, 0.2) is 24.3 Å². The van der Waals surface area contributed by atoms with Crippen LogP contribution in [-0.2, 0) is 18.2 Å². The second-order valence-electron chi connectivity index (χ2n) is 5.85. The topological polar surface area (TPSA) is 42.3 Å². The van der Waals surface area contributed by atoms with Crippen molar-refractivity contribution in [1.29, 1.82) is 0 Å². The first kappa shape index (κ1) is 14.5. The number of hydrogen-bond donors (Lipinski definition) is 1. The number of imidazole rings is 1. The van der Waals surface area contributed by atoms with Gasteiger partial charge in [0.15, 0.2) is 0 Å². The van der Waals surface area contributed by atoms with Gasteiger partial charge >= 0.3 is 0 Å². The maximum atomic E-state index is 5.95. The first-order chi connectivity index (χ1) is 10.2. The molecule has 0 amide bonds. The lowest BCUT2D eigenvalue weighted by atomic mass is 10.1. The van der Waals surface area contributed by atoms with E-state index in [0.29, 0.717) is 0 Å². The highest BCUT2D eigenvalue weighted by Gasteiger charge is 2.27. The summed E-state index contributed by atoms with van der Waals surface area (Å²) in [5, 5.41) is 3.41. The molecule has 2 unspecified atom stereocenters. The third kappa shape index (κ3) is 2.95. The Bertz CT molecular complexity index is 609. The standard InChI is InChI=1S/C16H24N4O/c1-17-13(15-11-19(2)8-9-21-15)10-16-18-12-6-4-5-7-14(12)20(16)3/h4-7,13,15,17H,8-11H2,1-3H3. The van der Waals surface area contributed by atoms with E-state index < -0.39 is 0 Å². The predicted octanol–water partition coefficient (Wildman–Crippen LogP) is 1.03. The molecule has 1 aromatic carbocycles. The molecule has 2 heterocycles. The fourth-order valence-electron chi connectivity index (χ4n) is 3.05. The zero-order chi connectivity index (χ0) is 14.8. The van der Waals surface area contributed by atoms with E-state index in [0.717, 1.165) is 37.5 Å². The van der Waals surface area contributed by atoms with Gasteiger partial charge in [0, 0.05) is 32.6 Å². The van der Waals surface area contributed by atoms with Gasteiger partial charge in [0.2, 0.25) is 0 Å². The summed E-state index contributed by atoms with van der Waals surface area (Å²) in [5.41, 5.74) is 2.25. The lowest BCUT2D eigenvalue weighted by molar-refractivity contribution is -0.0375. The van der Waals surface area contributed by atoms with Gasteiger partial charge in [-0.1, -0.05) is 12.1 Å². The minimum absolute atomic E-state index is 0.216. The summed E-state index contributed by atoms with van der Waals surface area (Å²) >= 11 is 0. The summed E-state index contributed by atoms with van der Waals surface area (Å²) in [4.78, 5) is 7.09. The molecule has 1 aliphatic heterocycles. The van der Waals surface area contributed by atoms with Gasteiger partial charge < -0.3 is 19.5 Å². The van der Waals surface area contributed by atoms with E-state index in [4.69, 9.17) is 9.72 Å². The lowest BCUT2D eigenvalue weighted by Crippen LogP contribution is -2.51. The highest BCUT2D eigenvalue weighted by molar-refractivity contribution is 5.75. The number of rotatable bonds is 4. The molecule has 5 nitrogen and oxygen atoms in total. The monoisotopic (exact) mass is 288 g/mol. The van der Waals surface area contributed by atoms with Crippen molar-refractivity contribution in [2.45, 2.75) is 18.6 Å². The first-order valence-electron chi connectivity index (χ1n) is 7.57. The fraction of sp³-hybridized carbons (Fsp3) is 0.562. The third-order valence-electron chi connectivity index (χ3n) is 4.40. The van der Waals surface area contributed by atoms with Crippen LogP contribution in [0.5, 0.6) is 0 Å². The molecular formula is C16H24N4O. The summed E-state index contributed by atoms with van der Waals surface area (Å²) in [6.07, 6.45) is 1.09. The van der Waals surface area contributed by atoms with Crippen molar-refractivity contribution in [3.8, 4) is 0 Å². The van der Waals surface area contributed by atoms with E-state index in [9.17, 15) is 0 Å². The van der Waals surface area contributed by atoms with Crippen LogP contribution in [0, 0.1) is 0 Å². The van der Waals surface area contributed by atoms with E-state index in [-0.39, 0.29) is 12.1 Å². The molecular weight excluding hydrogens is 264 g/mol. The molecule has 0 radical (unpaired) electrons. The molecule has 1 saturated heterocycles. The molecule has 0 aliphatic carbocycles. The number of fused-ring (bicyclic) bond motifs is 1. The zero-order valence-electron chi connectivity index (χ0n) is 13.0. The number of para-hydroxylation sites is 2. The highest BCUT2D eigenvalue weighted by Crippen LogP contribution is 2.17. The lowest BCUT2D eigenvalue weighted by Gasteiger charge is -2.35. The van der Waals surface area contributed by atoms with E-state index in [2.05, 4.69) is 47.1 Å². The highest BCUT2D eigenvalue weighted by atomic mass is 16.5. The van der Waals surface area contributed by atoms with Gasteiger partial charge in [-0.3, -0.25) is 0 Å². The maximum absolute atomic E-state index is 5.95. The van der Waals surface area contributed by atoms with Crippen LogP contribution in [0.4, 0.5) is 0 Å². The van der Waals surface area contributed by atoms with Crippen LogP contribution in [0.1, 0.15) is 5.82 Å². The summed E-state index contributed by atoms with van der Waals surface area (Å²) in [6.45, 7) is 2.79. The Morgan fingerprint density at radius 3 is 2.90 bits per heavy atom. The van der Waals surface area contributed by atoms with Crippen LogP contribution in [0.2, 0.25) is 0 Å². The largest absolute Gasteiger partial charge is 0.374 e. The Labute approximate surface area is 125 Å². The molecule has 2 atom stereocenters. The summed E-state index contributed by atoms with van der Waals surface area (Å²) in [7, 11) is 6.24. The molecule has 1 fully saturated rings. The average Bonchev–Trinajstić information content (AvgIpc) is 2.81. The Morgan fingerprint density at radius 1 is 1.38 bits per heavy atom. The predicted molar refractivity (Wildman–Crippen MR) is 84.5 cm³/mol. The van der Waals surface area contributed by atoms with E-state index in [1.165, 1.54) is 5.52 Å². The molecule has 3 rings (SSSR count). The van der Waals surface area contributed by atoms with Gasteiger partial charge in [0.1, 0.15) is 5.82 Å². The Hall–Kier alpha value is -1.43. The van der Waals surface area contributed by atoms with Crippen molar-refractivity contribution < 1.29 is 4.74 Å². The minimum atomic E-state index is 0.216. The van der Waals surface area contributed by atoms with Crippen LogP contribution in [0.3, 0.4) is 0 Å². The number of nitrogens with zero attached hydrogens (tertiary/aromatic N) is 3. The van der Waals surface area contributed by atoms with E-state index >= 15 is 0 Å². The van der Waals surface area contributed by atoms with E-state index in [1.807, 2.05) is 13.1 Å². The average molecular weight is 288 g/mol. The number of aryl methyl sites for hydroxylation is 1. The zero-order valence-corrected chi connectivity index (χ0v) is 13.0. The van der Waals surface area contributed by atoms with Crippen molar-refractivity contribution >= 4 is 11.0 Å². The van der Waals surface area contributed by atoms with Crippen molar-refractivity contribution in [1.82, 2.24) is 19.8 Å². The van der Waals surface area contributed by atoms with Crippen LogP contribution in [0.25, 0.3) is 11.0 Å². The van der Waals surface area contributed by atoms with Crippen molar-refractivity contribution in [3.05, 3.63) is 30.1 Å². The number of hydrogen-bond acceptors (Lipinski definition) is 4. The SMILES string of the molecule is CNC(Cc1nc2ccccc2n1C)C1CN(C)CCO1. The normalized spacial score (nSPS) is 21.8. The number of ether oxygens (including phenoxy) is 1. The van der Waals surface area contributed by atoms with Crippen LogP contribution in [-0.4, -0.2) is 60.4 Å². The van der Waals surface area contributed by atoms with Gasteiger partial charge in [-0.2, -0.15) is 0 Å². The number of benzene rings is 1. The van der Waals surface area contributed by atoms with E-state index in [1.54, 1.807) is 0 Å². The first-order valence-corrected chi connectivity index (χ1v) is 7.57. The second kappa shape index (κ2) is 6.13. The molecule has 21 heavy (non-hydrogen) atoms. The summed E-state index contributed by atoms with van der Waals surface area (Å²) < 4.78 is 8.13. The molecule has 2 aromatic rings. The summed E-state index contributed by atoms with van der Waals surface area (Å²) in [6, 6.07) is 8.56. The summed E-state index contributed by atoms with van der Waals surface area (Å²) in [5.74, 6) is 1.10. The Balaban J connectivity index is 1.80. The van der Waals surface area contributed by atoms with Crippen LogP contribution >= 0.6 is 0 Å². The Kier molecular flexibility index (Phi) is 4.24. The molecule has 0 saturated carbocycles. The number of likely N-dealkylation sites (N-methyl/N-ethyl adjacent to an activating group) is 2. The molecule has 0 spiro atoms. The maximum Gasteiger partial charge on any atom is 0.111 e. The molecule has 114 valence electrons. The minimum Gasteiger partial charge on any atom is -0.374 e. The smallest absolute Gasteiger partial charge is 0.111 e. The second-order valence-corrected chi connectivity index (χ2v) is 5.85. The fourth-order valence-corrected chi connectivity index (χ4v) is 3.05. The van der Waals surface area contributed by atoms with Gasteiger partial charge in [-0.05, 0) is 26.2 Å². The third-order valence-corrected chi connectivity index (χ3v) is 4.40. The number of nitrogens with one attached hydrogen (secondary N) is 1.